The molecule has 0 aliphatic carbocycles. The van der Waals surface area contributed by atoms with Gasteiger partial charge in [0.25, 0.3) is 5.91 Å². The lowest BCUT2D eigenvalue weighted by atomic mass is 10.0. The summed E-state index contributed by atoms with van der Waals surface area (Å²) in [5.74, 6) is 0.463. The molecule has 110 valence electrons. The number of aromatic nitrogens is 1. The van der Waals surface area contributed by atoms with Crippen molar-refractivity contribution >= 4 is 17.5 Å². The molecule has 1 heterocycles. The number of rotatable bonds is 3. The van der Waals surface area contributed by atoms with E-state index < -0.39 is 0 Å². The maximum Gasteiger partial charge on any atom is 0.251 e. The molecule has 0 radical (unpaired) electrons. The SMILES string of the molecule is CNC(=O)c1ccccc1-c1cc(-c2ccc(Cl)cc2)on1. The van der Waals surface area contributed by atoms with Gasteiger partial charge in [0, 0.05) is 34.8 Å². The molecule has 2 aromatic carbocycles. The molecule has 0 spiro atoms. The first-order chi connectivity index (χ1) is 10.7. The van der Waals surface area contributed by atoms with E-state index in [-0.39, 0.29) is 5.91 Å². The molecule has 0 unspecified atom stereocenters. The second-order valence-electron chi connectivity index (χ2n) is 4.71. The summed E-state index contributed by atoms with van der Waals surface area (Å²) in [7, 11) is 1.60. The third kappa shape index (κ3) is 2.73. The lowest BCUT2D eigenvalue weighted by Gasteiger charge is -2.04. The van der Waals surface area contributed by atoms with Gasteiger partial charge in [-0.1, -0.05) is 35.0 Å². The van der Waals surface area contributed by atoms with Gasteiger partial charge in [0.1, 0.15) is 5.69 Å². The Morgan fingerprint density at radius 2 is 1.86 bits per heavy atom. The number of benzene rings is 2. The van der Waals surface area contributed by atoms with Crippen molar-refractivity contribution in [3.63, 3.8) is 0 Å². The number of hydrogen-bond acceptors (Lipinski definition) is 3. The summed E-state index contributed by atoms with van der Waals surface area (Å²) in [6.45, 7) is 0. The Morgan fingerprint density at radius 3 is 2.59 bits per heavy atom. The maximum absolute atomic E-state index is 11.9. The van der Waals surface area contributed by atoms with Gasteiger partial charge in [-0.05, 0) is 30.3 Å². The minimum absolute atomic E-state index is 0.161. The summed E-state index contributed by atoms with van der Waals surface area (Å²) < 4.78 is 5.39. The van der Waals surface area contributed by atoms with E-state index in [4.69, 9.17) is 16.1 Å². The van der Waals surface area contributed by atoms with Crippen LogP contribution in [0.3, 0.4) is 0 Å². The van der Waals surface area contributed by atoms with Crippen LogP contribution in [0.2, 0.25) is 5.02 Å². The van der Waals surface area contributed by atoms with Gasteiger partial charge in [-0.15, -0.1) is 0 Å². The molecule has 22 heavy (non-hydrogen) atoms. The molecule has 3 aromatic rings. The highest BCUT2D eigenvalue weighted by molar-refractivity contribution is 6.30. The van der Waals surface area contributed by atoms with Crippen LogP contribution in [-0.4, -0.2) is 18.1 Å². The van der Waals surface area contributed by atoms with Crippen LogP contribution >= 0.6 is 11.6 Å². The Hall–Kier alpha value is -2.59. The largest absolute Gasteiger partial charge is 0.356 e. The van der Waals surface area contributed by atoms with Crippen molar-refractivity contribution in [2.24, 2.45) is 0 Å². The summed E-state index contributed by atoms with van der Waals surface area (Å²) >= 11 is 5.88. The maximum atomic E-state index is 11.9. The monoisotopic (exact) mass is 312 g/mol. The van der Waals surface area contributed by atoms with Crippen LogP contribution in [0.5, 0.6) is 0 Å². The van der Waals surface area contributed by atoms with Crippen molar-refractivity contribution in [2.75, 3.05) is 7.05 Å². The fraction of sp³-hybridized carbons (Fsp3) is 0.0588. The molecular formula is C17H13ClN2O2. The van der Waals surface area contributed by atoms with Gasteiger partial charge in [-0.25, -0.2) is 0 Å². The molecule has 4 nitrogen and oxygen atoms in total. The summed E-state index contributed by atoms with van der Waals surface area (Å²) in [6, 6.07) is 16.4. The van der Waals surface area contributed by atoms with E-state index in [0.717, 1.165) is 11.1 Å². The first kappa shape index (κ1) is 14.4. The molecular weight excluding hydrogens is 300 g/mol. The highest BCUT2D eigenvalue weighted by atomic mass is 35.5. The highest BCUT2D eigenvalue weighted by Gasteiger charge is 2.15. The zero-order chi connectivity index (χ0) is 15.5. The lowest BCUT2D eigenvalue weighted by Crippen LogP contribution is -2.18. The quantitative estimate of drug-likeness (QED) is 0.794. The third-order valence-corrected chi connectivity index (χ3v) is 3.57. The van der Waals surface area contributed by atoms with Gasteiger partial charge in [-0.3, -0.25) is 4.79 Å². The zero-order valence-electron chi connectivity index (χ0n) is 11.8. The average molecular weight is 313 g/mol. The number of hydrogen-bond donors (Lipinski definition) is 1. The minimum atomic E-state index is -0.161. The van der Waals surface area contributed by atoms with Crippen LogP contribution in [0.1, 0.15) is 10.4 Å². The van der Waals surface area contributed by atoms with Crippen LogP contribution in [0.25, 0.3) is 22.6 Å². The number of carbonyl (C=O) groups is 1. The second kappa shape index (κ2) is 6.03. The topological polar surface area (TPSA) is 55.1 Å². The number of carbonyl (C=O) groups excluding carboxylic acids is 1. The summed E-state index contributed by atoms with van der Waals surface area (Å²) in [5, 5.41) is 7.36. The van der Waals surface area contributed by atoms with E-state index in [0.29, 0.717) is 22.0 Å². The van der Waals surface area contributed by atoms with Gasteiger partial charge < -0.3 is 9.84 Å². The first-order valence-electron chi connectivity index (χ1n) is 6.73. The van der Waals surface area contributed by atoms with Crippen LogP contribution < -0.4 is 5.32 Å². The predicted molar refractivity (Wildman–Crippen MR) is 85.8 cm³/mol. The molecule has 1 amide bonds. The summed E-state index contributed by atoms with van der Waals surface area (Å²) in [4.78, 5) is 11.9. The number of amides is 1. The van der Waals surface area contributed by atoms with Crippen molar-refractivity contribution in [3.8, 4) is 22.6 Å². The minimum Gasteiger partial charge on any atom is -0.356 e. The Bertz CT molecular complexity index is 810. The smallest absolute Gasteiger partial charge is 0.251 e. The third-order valence-electron chi connectivity index (χ3n) is 3.31. The standard InChI is InChI=1S/C17H13ClN2O2/c1-19-17(21)14-5-3-2-4-13(14)15-10-16(22-20-15)11-6-8-12(18)9-7-11/h2-10H,1H3,(H,19,21). The van der Waals surface area contributed by atoms with Gasteiger partial charge in [0.05, 0.1) is 0 Å². The summed E-state index contributed by atoms with van der Waals surface area (Å²) in [6.07, 6.45) is 0. The molecule has 0 bridgehead atoms. The van der Waals surface area contributed by atoms with E-state index in [2.05, 4.69) is 10.5 Å². The Morgan fingerprint density at radius 1 is 1.14 bits per heavy atom. The molecule has 0 saturated carbocycles. The van der Waals surface area contributed by atoms with Crippen LogP contribution in [-0.2, 0) is 0 Å². The first-order valence-corrected chi connectivity index (χ1v) is 7.11. The highest BCUT2D eigenvalue weighted by Crippen LogP contribution is 2.28. The second-order valence-corrected chi connectivity index (χ2v) is 5.14. The van der Waals surface area contributed by atoms with Gasteiger partial charge >= 0.3 is 0 Å². The molecule has 0 aliphatic heterocycles. The molecule has 0 fully saturated rings. The normalized spacial score (nSPS) is 10.5. The summed E-state index contributed by atoms with van der Waals surface area (Å²) in [5.41, 5.74) is 2.77. The molecule has 0 atom stereocenters. The van der Waals surface area contributed by atoms with E-state index in [1.807, 2.05) is 36.4 Å². The molecule has 0 aliphatic rings. The Kier molecular flexibility index (Phi) is 3.94. The zero-order valence-corrected chi connectivity index (χ0v) is 12.6. The molecule has 1 aromatic heterocycles. The van der Waals surface area contributed by atoms with Crippen LogP contribution in [0.15, 0.2) is 59.1 Å². The lowest BCUT2D eigenvalue weighted by molar-refractivity contribution is 0.0963. The van der Waals surface area contributed by atoms with Crippen molar-refractivity contribution in [3.05, 3.63) is 65.2 Å². The Balaban J connectivity index is 2.01. The fourth-order valence-electron chi connectivity index (χ4n) is 2.19. The van der Waals surface area contributed by atoms with E-state index in [9.17, 15) is 4.79 Å². The Labute approximate surface area is 132 Å². The van der Waals surface area contributed by atoms with Crippen molar-refractivity contribution in [1.82, 2.24) is 10.5 Å². The van der Waals surface area contributed by atoms with Crippen LogP contribution in [0.4, 0.5) is 0 Å². The van der Waals surface area contributed by atoms with Crippen molar-refractivity contribution in [1.29, 1.82) is 0 Å². The molecule has 1 N–H and O–H groups in total. The van der Waals surface area contributed by atoms with Crippen LogP contribution in [0, 0.1) is 0 Å². The number of nitrogens with zero attached hydrogens (tertiary/aromatic N) is 1. The van der Waals surface area contributed by atoms with E-state index in [1.165, 1.54) is 0 Å². The van der Waals surface area contributed by atoms with Crippen molar-refractivity contribution < 1.29 is 9.32 Å². The van der Waals surface area contributed by atoms with E-state index >= 15 is 0 Å². The van der Waals surface area contributed by atoms with E-state index in [1.54, 1.807) is 25.2 Å². The fourth-order valence-corrected chi connectivity index (χ4v) is 2.32. The molecule has 3 rings (SSSR count). The molecule has 5 heteroatoms. The van der Waals surface area contributed by atoms with Gasteiger partial charge in [-0.2, -0.15) is 0 Å². The predicted octanol–water partition coefficient (Wildman–Crippen LogP) is 4.02. The average Bonchev–Trinajstić information content (AvgIpc) is 3.04. The van der Waals surface area contributed by atoms with Crippen molar-refractivity contribution in [2.45, 2.75) is 0 Å². The van der Waals surface area contributed by atoms with Gasteiger partial charge in [0.2, 0.25) is 0 Å². The van der Waals surface area contributed by atoms with Gasteiger partial charge in [0.15, 0.2) is 5.76 Å². The molecule has 0 saturated heterocycles. The number of halogens is 1. The number of nitrogens with one attached hydrogen (secondary N) is 1.